The third kappa shape index (κ3) is 5.55. The molecule has 1 heterocycles. The lowest BCUT2D eigenvalue weighted by Gasteiger charge is -2.25. The van der Waals surface area contributed by atoms with Crippen LogP contribution in [0.4, 0.5) is 0 Å². The molecule has 0 radical (unpaired) electrons. The number of carboxylic acids is 3. The molecule has 0 aliphatic heterocycles. The van der Waals surface area contributed by atoms with Gasteiger partial charge in [0.05, 0.1) is 17.5 Å². The summed E-state index contributed by atoms with van der Waals surface area (Å²) >= 11 is 0. The fraction of sp³-hybridized carbons (Fsp3) is 0.556. The van der Waals surface area contributed by atoms with Crippen molar-refractivity contribution in [1.82, 2.24) is 4.98 Å². The summed E-state index contributed by atoms with van der Waals surface area (Å²) in [6.07, 6.45) is 2.96. The van der Waals surface area contributed by atoms with Crippen molar-refractivity contribution in [3.8, 4) is 0 Å². The smallest absolute Gasteiger partial charge is 0.315 e. The van der Waals surface area contributed by atoms with Crippen molar-refractivity contribution in [3.05, 3.63) is 29.6 Å². The Morgan fingerprint density at radius 1 is 1.08 bits per heavy atom. The van der Waals surface area contributed by atoms with Gasteiger partial charge in [0.2, 0.25) is 0 Å². The van der Waals surface area contributed by atoms with Crippen molar-refractivity contribution >= 4 is 17.9 Å². The van der Waals surface area contributed by atoms with E-state index in [4.69, 9.17) is 10.2 Å². The molecule has 1 aromatic heterocycles. The molecule has 3 N–H and O–H groups in total. The highest BCUT2D eigenvalue weighted by Crippen LogP contribution is 2.30. The Morgan fingerprint density at radius 3 is 2.12 bits per heavy atom. The maximum atomic E-state index is 11.7. The van der Waals surface area contributed by atoms with Gasteiger partial charge in [-0.2, -0.15) is 0 Å². The maximum Gasteiger partial charge on any atom is 0.315 e. The van der Waals surface area contributed by atoms with Gasteiger partial charge in [-0.3, -0.25) is 19.4 Å². The normalized spacial score (nSPS) is 15.8. The van der Waals surface area contributed by atoms with E-state index in [0.717, 1.165) is 5.56 Å². The zero-order valence-corrected chi connectivity index (χ0v) is 14.7. The Hall–Kier alpha value is -2.44. The van der Waals surface area contributed by atoms with Gasteiger partial charge in [-0.15, -0.1) is 0 Å². The van der Waals surface area contributed by atoms with E-state index < -0.39 is 35.2 Å². The molecular weight excluding hydrogens is 326 g/mol. The first-order valence-electron chi connectivity index (χ1n) is 8.22. The van der Waals surface area contributed by atoms with Gasteiger partial charge in [-0.1, -0.05) is 26.3 Å². The highest BCUT2D eigenvalue weighted by molar-refractivity contribution is 5.80. The van der Waals surface area contributed by atoms with Gasteiger partial charge in [0.15, 0.2) is 0 Å². The molecule has 3 unspecified atom stereocenters. The van der Waals surface area contributed by atoms with Gasteiger partial charge in [-0.05, 0) is 37.8 Å². The van der Waals surface area contributed by atoms with E-state index in [-0.39, 0.29) is 6.42 Å². The van der Waals surface area contributed by atoms with Crippen molar-refractivity contribution < 1.29 is 29.7 Å². The van der Waals surface area contributed by atoms with E-state index in [0.29, 0.717) is 25.0 Å². The van der Waals surface area contributed by atoms with Gasteiger partial charge in [0.1, 0.15) is 5.41 Å². The van der Waals surface area contributed by atoms with E-state index in [1.54, 1.807) is 32.9 Å². The second kappa shape index (κ2) is 8.60. The molecule has 25 heavy (non-hydrogen) atoms. The van der Waals surface area contributed by atoms with Gasteiger partial charge in [0, 0.05) is 6.20 Å². The van der Waals surface area contributed by atoms with Crippen LogP contribution >= 0.6 is 0 Å². The third-order valence-corrected chi connectivity index (χ3v) is 4.56. The summed E-state index contributed by atoms with van der Waals surface area (Å²) in [5.41, 5.74) is -0.101. The molecule has 0 spiro atoms. The van der Waals surface area contributed by atoms with E-state index in [2.05, 4.69) is 4.98 Å². The third-order valence-electron chi connectivity index (χ3n) is 4.56. The fourth-order valence-electron chi connectivity index (χ4n) is 2.54. The maximum absolute atomic E-state index is 11.7. The molecule has 0 saturated carbocycles. The zero-order chi connectivity index (χ0) is 19.2. The number of aromatic nitrogens is 1. The van der Waals surface area contributed by atoms with Crippen LogP contribution in [0.3, 0.4) is 0 Å². The molecule has 3 atom stereocenters. The fourth-order valence-corrected chi connectivity index (χ4v) is 2.54. The van der Waals surface area contributed by atoms with Crippen molar-refractivity contribution in [2.24, 2.45) is 11.8 Å². The molecule has 0 bridgehead atoms. The van der Waals surface area contributed by atoms with Gasteiger partial charge >= 0.3 is 17.9 Å². The topological polar surface area (TPSA) is 125 Å². The molecule has 0 aliphatic carbocycles. The zero-order valence-electron chi connectivity index (χ0n) is 14.7. The number of carbonyl (C=O) groups is 3. The van der Waals surface area contributed by atoms with Gasteiger partial charge in [0.25, 0.3) is 0 Å². The second-order valence-electron chi connectivity index (χ2n) is 6.76. The first-order valence-corrected chi connectivity index (χ1v) is 8.22. The summed E-state index contributed by atoms with van der Waals surface area (Å²) in [5.74, 6) is -3.88. The monoisotopic (exact) mass is 351 g/mol. The molecule has 0 saturated heterocycles. The highest BCUT2D eigenvalue weighted by Gasteiger charge is 2.36. The standard InChI is InChI=1S/C18H25NO6/c1-11(15(20)21)5-4-8-18(3,17(24)25)14-7-6-13(10-19-14)9-12(2)16(22)23/h6-7,10-12H,4-5,8-9H2,1-3H3,(H,20,21)(H,22,23)(H,24,25). The van der Waals surface area contributed by atoms with E-state index >= 15 is 0 Å². The summed E-state index contributed by atoms with van der Waals surface area (Å²) in [6, 6.07) is 3.31. The van der Waals surface area contributed by atoms with E-state index in [1.807, 2.05) is 0 Å². The second-order valence-corrected chi connectivity index (χ2v) is 6.76. The molecule has 0 aliphatic rings. The number of hydrogen-bond acceptors (Lipinski definition) is 4. The highest BCUT2D eigenvalue weighted by atomic mass is 16.4. The van der Waals surface area contributed by atoms with Crippen molar-refractivity contribution in [2.45, 2.75) is 51.9 Å². The van der Waals surface area contributed by atoms with Crippen LogP contribution in [-0.2, 0) is 26.2 Å². The SMILES string of the molecule is CC(CCCC(C)(C(=O)O)c1ccc(CC(C)C(=O)O)cn1)C(=O)O. The van der Waals surface area contributed by atoms with Crippen molar-refractivity contribution in [2.75, 3.05) is 0 Å². The summed E-state index contributed by atoms with van der Waals surface area (Å²) in [6.45, 7) is 4.76. The van der Waals surface area contributed by atoms with Gasteiger partial charge < -0.3 is 15.3 Å². The molecule has 1 aromatic rings. The average Bonchev–Trinajstić information content (AvgIpc) is 2.54. The predicted molar refractivity (Wildman–Crippen MR) is 90.4 cm³/mol. The number of hydrogen-bond donors (Lipinski definition) is 3. The molecule has 7 heteroatoms. The van der Waals surface area contributed by atoms with Crippen LogP contribution in [0.5, 0.6) is 0 Å². The predicted octanol–water partition coefficient (Wildman–Crippen LogP) is 2.58. The van der Waals surface area contributed by atoms with E-state index in [9.17, 15) is 19.5 Å². The first-order chi connectivity index (χ1) is 11.6. The van der Waals surface area contributed by atoms with Crippen LogP contribution < -0.4 is 0 Å². The molecule has 7 nitrogen and oxygen atoms in total. The minimum absolute atomic E-state index is 0.276. The largest absolute Gasteiger partial charge is 0.481 e. The molecule has 1 rings (SSSR count). The molecule has 0 aromatic carbocycles. The van der Waals surface area contributed by atoms with Crippen molar-refractivity contribution in [1.29, 1.82) is 0 Å². The lowest BCUT2D eigenvalue weighted by molar-refractivity contribution is -0.144. The Morgan fingerprint density at radius 2 is 1.68 bits per heavy atom. The Balaban J connectivity index is 2.85. The molecular formula is C18H25NO6. The lowest BCUT2D eigenvalue weighted by atomic mass is 9.80. The Bertz CT molecular complexity index is 627. The average molecular weight is 351 g/mol. The number of pyridine rings is 1. The Kier molecular flexibility index (Phi) is 7.09. The minimum Gasteiger partial charge on any atom is -0.481 e. The molecule has 0 amide bonds. The van der Waals surface area contributed by atoms with E-state index in [1.165, 1.54) is 6.20 Å². The summed E-state index contributed by atoms with van der Waals surface area (Å²) < 4.78 is 0. The van der Waals surface area contributed by atoms with Crippen LogP contribution in [0, 0.1) is 11.8 Å². The number of rotatable bonds is 10. The summed E-state index contributed by atoms with van der Waals surface area (Å²) in [7, 11) is 0. The first kappa shape index (κ1) is 20.6. The quantitative estimate of drug-likeness (QED) is 0.591. The van der Waals surface area contributed by atoms with Crippen LogP contribution in [0.15, 0.2) is 18.3 Å². The molecule has 0 fully saturated rings. The van der Waals surface area contributed by atoms with Crippen LogP contribution in [0.1, 0.15) is 51.3 Å². The summed E-state index contributed by atoms with van der Waals surface area (Å²) in [5, 5.41) is 27.5. The minimum atomic E-state index is -1.21. The van der Waals surface area contributed by atoms with Crippen LogP contribution in [0.25, 0.3) is 0 Å². The number of carboxylic acid groups (broad SMARTS) is 3. The Labute approximate surface area is 146 Å². The van der Waals surface area contributed by atoms with Crippen LogP contribution in [0.2, 0.25) is 0 Å². The van der Waals surface area contributed by atoms with Crippen molar-refractivity contribution in [3.63, 3.8) is 0 Å². The number of aliphatic carboxylic acids is 3. The lowest BCUT2D eigenvalue weighted by Crippen LogP contribution is -2.33. The van der Waals surface area contributed by atoms with Crippen LogP contribution in [-0.4, -0.2) is 38.2 Å². The summed E-state index contributed by atoms with van der Waals surface area (Å²) in [4.78, 5) is 37.7. The molecule has 138 valence electrons. The van der Waals surface area contributed by atoms with Gasteiger partial charge in [-0.25, -0.2) is 0 Å². The number of nitrogens with zero attached hydrogens (tertiary/aromatic N) is 1.